The lowest BCUT2D eigenvalue weighted by Crippen LogP contribution is -2.45. The van der Waals surface area contributed by atoms with Crippen molar-refractivity contribution in [1.82, 2.24) is 5.32 Å². The molecule has 1 amide bonds. The van der Waals surface area contributed by atoms with Gasteiger partial charge in [-0.2, -0.15) is 0 Å². The largest absolute Gasteiger partial charge is 0.394 e. The predicted octanol–water partition coefficient (Wildman–Crippen LogP) is 0.910. The Bertz CT molecular complexity index is 377. The average molecular weight is 234 g/mol. The van der Waals surface area contributed by atoms with Gasteiger partial charge in [0.15, 0.2) is 0 Å². The Labute approximate surface area is 101 Å². The summed E-state index contributed by atoms with van der Waals surface area (Å²) in [6.07, 6.45) is 1.45. The van der Waals surface area contributed by atoms with Crippen molar-refractivity contribution >= 4 is 11.6 Å². The Morgan fingerprint density at radius 3 is 3.00 bits per heavy atom. The number of benzene rings is 1. The molecular formula is C13H18N2O2. The van der Waals surface area contributed by atoms with Crippen LogP contribution in [0.25, 0.3) is 0 Å². The quantitative estimate of drug-likeness (QED) is 0.725. The van der Waals surface area contributed by atoms with E-state index in [2.05, 4.69) is 10.6 Å². The second-order valence-corrected chi connectivity index (χ2v) is 4.35. The number of aliphatic hydroxyl groups excluding tert-OH is 1. The maximum absolute atomic E-state index is 12.0. The van der Waals surface area contributed by atoms with Crippen LogP contribution in [0, 0.1) is 0 Å². The van der Waals surface area contributed by atoms with Crippen molar-refractivity contribution in [1.29, 1.82) is 0 Å². The van der Waals surface area contributed by atoms with Crippen molar-refractivity contribution in [2.75, 3.05) is 11.9 Å². The first-order chi connectivity index (χ1) is 8.24. The van der Waals surface area contributed by atoms with E-state index < -0.39 is 0 Å². The van der Waals surface area contributed by atoms with Gasteiger partial charge in [-0.15, -0.1) is 0 Å². The maximum Gasteiger partial charge on any atom is 0.243 e. The Morgan fingerprint density at radius 1 is 1.59 bits per heavy atom. The first-order valence-electron chi connectivity index (χ1n) is 6.00. The lowest BCUT2D eigenvalue weighted by Gasteiger charge is -2.17. The molecule has 0 fully saturated rings. The molecule has 3 N–H and O–H groups in total. The van der Waals surface area contributed by atoms with E-state index in [0.29, 0.717) is 6.42 Å². The number of amides is 1. The van der Waals surface area contributed by atoms with Crippen molar-refractivity contribution in [3.8, 4) is 0 Å². The molecule has 17 heavy (non-hydrogen) atoms. The van der Waals surface area contributed by atoms with Gasteiger partial charge in [-0.05, 0) is 18.1 Å². The summed E-state index contributed by atoms with van der Waals surface area (Å²) in [7, 11) is 0. The Kier molecular flexibility index (Phi) is 3.64. The summed E-state index contributed by atoms with van der Waals surface area (Å²) in [5.74, 6) is -0.0397. The van der Waals surface area contributed by atoms with Crippen molar-refractivity contribution < 1.29 is 9.90 Å². The first-order valence-corrected chi connectivity index (χ1v) is 6.00. The van der Waals surface area contributed by atoms with Gasteiger partial charge in [-0.1, -0.05) is 25.1 Å². The number of carbonyl (C=O) groups excluding carboxylic acids is 1. The fourth-order valence-corrected chi connectivity index (χ4v) is 2.03. The number of anilines is 1. The summed E-state index contributed by atoms with van der Waals surface area (Å²) in [4.78, 5) is 12.0. The van der Waals surface area contributed by atoms with Gasteiger partial charge in [0.2, 0.25) is 5.91 Å². The Balaban J connectivity index is 1.96. The highest BCUT2D eigenvalue weighted by Crippen LogP contribution is 2.25. The summed E-state index contributed by atoms with van der Waals surface area (Å²) in [5, 5.41) is 15.1. The molecule has 2 rings (SSSR count). The minimum atomic E-state index is -0.215. The molecule has 4 heteroatoms. The molecule has 1 heterocycles. The Morgan fingerprint density at radius 2 is 2.35 bits per heavy atom. The van der Waals surface area contributed by atoms with Gasteiger partial charge in [0.05, 0.1) is 12.6 Å². The van der Waals surface area contributed by atoms with E-state index in [4.69, 9.17) is 5.11 Å². The third-order valence-electron chi connectivity index (χ3n) is 3.15. The Hall–Kier alpha value is -1.55. The number of para-hydroxylation sites is 1. The average Bonchev–Trinajstić information content (AvgIpc) is 2.79. The van der Waals surface area contributed by atoms with Crippen LogP contribution in [0.3, 0.4) is 0 Å². The minimum absolute atomic E-state index is 0.0120. The van der Waals surface area contributed by atoms with E-state index in [1.165, 1.54) is 5.56 Å². The molecule has 0 unspecified atom stereocenters. The van der Waals surface area contributed by atoms with Gasteiger partial charge >= 0.3 is 0 Å². The van der Waals surface area contributed by atoms with Gasteiger partial charge in [-0.25, -0.2) is 0 Å². The van der Waals surface area contributed by atoms with E-state index in [-0.39, 0.29) is 24.6 Å². The number of rotatable bonds is 4. The number of hydrogen-bond acceptors (Lipinski definition) is 3. The summed E-state index contributed by atoms with van der Waals surface area (Å²) >= 11 is 0. The minimum Gasteiger partial charge on any atom is -0.394 e. The maximum atomic E-state index is 12.0. The molecule has 0 radical (unpaired) electrons. The predicted molar refractivity (Wildman–Crippen MR) is 66.9 cm³/mol. The van der Waals surface area contributed by atoms with Crippen LogP contribution in [0.15, 0.2) is 24.3 Å². The second kappa shape index (κ2) is 5.19. The van der Waals surface area contributed by atoms with Crippen LogP contribution >= 0.6 is 0 Å². The van der Waals surface area contributed by atoms with Crippen LogP contribution < -0.4 is 10.6 Å². The zero-order valence-electron chi connectivity index (χ0n) is 9.94. The lowest BCUT2D eigenvalue weighted by molar-refractivity contribution is -0.122. The highest BCUT2D eigenvalue weighted by Gasteiger charge is 2.27. The van der Waals surface area contributed by atoms with Gasteiger partial charge in [-0.3, -0.25) is 4.79 Å². The van der Waals surface area contributed by atoms with Crippen molar-refractivity contribution in [2.45, 2.75) is 31.8 Å². The molecule has 0 saturated carbocycles. The van der Waals surface area contributed by atoms with Gasteiger partial charge in [0.25, 0.3) is 0 Å². The van der Waals surface area contributed by atoms with Crippen LogP contribution in [-0.4, -0.2) is 29.7 Å². The summed E-state index contributed by atoms with van der Waals surface area (Å²) in [5.41, 5.74) is 2.20. The lowest BCUT2D eigenvalue weighted by atomic mass is 10.1. The fraction of sp³-hybridized carbons (Fsp3) is 0.462. The number of carbonyl (C=O) groups is 1. The molecule has 2 atom stereocenters. The van der Waals surface area contributed by atoms with Gasteiger partial charge in [0.1, 0.15) is 6.04 Å². The normalized spacial score (nSPS) is 19.3. The molecule has 92 valence electrons. The topological polar surface area (TPSA) is 61.4 Å². The molecule has 4 nitrogen and oxygen atoms in total. The molecule has 1 aromatic carbocycles. The SMILES string of the molecule is CC[C@H](CO)NC(=O)[C@@H]1Cc2ccccc2N1. The second-order valence-electron chi connectivity index (χ2n) is 4.35. The van der Waals surface area contributed by atoms with Crippen LogP contribution in [0.1, 0.15) is 18.9 Å². The molecule has 0 saturated heterocycles. The van der Waals surface area contributed by atoms with Crippen molar-refractivity contribution in [3.63, 3.8) is 0 Å². The summed E-state index contributed by atoms with van der Waals surface area (Å²) < 4.78 is 0. The number of nitrogens with one attached hydrogen (secondary N) is 2. The van der Waals surface area contributed by atoms with E-state index in [1.54, 1.807) is 0 Å². The molecular weight excluding hydrogens is 216 g/mol. The first kappa shape index (κ1) is 11.9. The number of fused-ring (bicyclic) bond motifs is 1. The standard InChI is InChI=1S/C13H18N2O2/c1-2-10(8-16)14-13(17)12-7-9-5-3-4-6-11(9)15-12/h3-6,10,12,15-16H,2,7-8H2,1H3,(H,14,17)/t10-,12+/m1/s1. The van der Waals surface area contributed by atoms with E-state index in [9.17, 15) is 4.79 Å². The van der Waals surface area contributed by atoms with Crippen molar-refractivity contribution in [3.05, 3.63) is 29.8 Å². The van der Waals surface area contributed by atoms with E-state index in [0.717, 1.165) is 12.1 Å². The van der Waals surface area contributed by atoms with Gasteiger partial charge < -0.3 is 15.7 Å². The van der Waals surface area contributed by atoms with Crippen LogP contribution in [-0.2, 0) is 11.2 Å². The van der Waals surface area contributed by atoms with Crippen LogP contribution in [0.2, 0.25) is 0 Å². The van der Waals surface area contributed by atoms with Crippen LogP contribution in [0.4, 0.5) is 5.69 Å². The highest BCUT2D eigenvalue weighted by atomic mass is 16.3. The smallest absolute Gasteiger partial charge is 0.243 e. The fourth-order valence-electron chi connectivity index (χ4n) is 2.03. The molecule has 1 aromatic rings. The van der Waals surface area contributed by atoms with Crippen LogP contribution in [0.5, 0.6) is 0 Å². The molecule has 0 spiro atoms. The summed E-state index contributed by atoms with van der Waals surface area (Å²) in [6.45, 7) is 1.93. The van der Waals surface area contributed by atoms with Crippen molar-refractivity contribution in [2.24, 2.45) is 0 Å². The van der Waals surface area contributed by atoms with E-state index in [1.807, 2.05) is 31.2 Å². The third-order valence-corrected chi connectivity index (χ3v) is 3.15. The molecule has 0 aromatic heterocycles. The highest BCUT2D eigenvalue weighted by molar-refractivity contribution is 5.87. The monoisotopic (exact) mass is 234 g/mol. The molecule has 1 aliphatic heterocycles. The van der Waals surface area contributed by atoms with Gasteiger partial charge in [0, 0.05) is 12.1 Å². The zero-order valence-corrected chi connectivity index (χ0v) is 9.94. The van der Waals surface area contributed by atoms with E-state index >= 15 is 0 Å². The molecule has 0 aliphatic carbocycles. The number of hydrogen-bond donors (Lipinski definition) is 3. The molecule has 1 aliphatic rings. The zero-order chi connectivity index (χ0) is 12.3. The third kappa shape index (κ3) is 2.58. The summed E-state index contributed by atoms with van der Waals surface area (Å²) in [6, 6.07) is 7.57. The molecule has 0 bridgehead atoms. The number of aliphatic hydroxyl groups is 1.